The van der Waals surface area contributed by atoms with Crippen LogP contribution in [-0.4, -0.2) is 6.54 Å². The van der Waals surface area contributed by atoms with Gasteiger partial charge >= 0.3 is 0 Å². The molecular weight excluding hydrogens is 253 g/mol. The zero-order chi connectivity index (χ0) is 14.4. The lowest BCUT2D eigenvalue weighted by molar-refractivity contribution is 0.474. The number of nitrogens with one attached hydrogen (secondary N) is 1. The first-order valence-corrected chi connectivity index (χ1v) is 6.96. The lowest BCUT2D eigenvalue weighted by Crippen LogP contribution is -2.19. The lowest BCUT2D eigenvalue weighted by atomic mass is 10.1. The first-order valence-electron chi connectivity index (χ1n) is 6.96. The Morgan fingerprint density at radius 1 is 1.10 bits per heavy atom. The molecule has 0 heterocycles. The van der Waals surface area contributed by atoms with E-state index in [1.165, 1.54) is 12.1 Å². The molecule has 106 valence electrons. The second-order valence-electron chi connectivity index (χ2n) is 4.81. The van der Waals surface area contributed by atoms with Crippen LogP contribution in [-0.2, 0) is 0 Å². The van der Waals surface area contributed by atoms with Crippen LogP contribution < -0.4 is 10.1 Å². The second-order valence-corrected chi connectivity index (χ2v) is 4.81. The monoisotopic (exact) mass is 273 g/mol. The molecule has 0 aliphatic heterocycles. The highest BCUT2D eigenvalue weighted by Gasteiger charge is 2.06. The molecule has 3 heteroatoms. The Morgan fingerprint density at radius 3 is 2.50 bits per heavy atom. The molecule has 0 saturated carbocycles. The van der Waals surface area contributed by atoms with Crippen LogP contribution in [0.1, 0.15) is 31.9 Å². The van der Waals surface area contributed by atoms with Crippen LogP contribution >= 0.6 is 0 Å². The zero-order valence-corrected chi connectivity index (χ0v) is 11.9. The molecule has 0 amide bonds. The summed E-state index contributed by atoms with van der Waals surface area (Å²) in [6, 6.07) is 14.3. The summed E-state index contributed by atoms with van der Waals surface area (Å²) in [5.74, 6) is 0.936. The fourth-order valence-electron chi connectivity index (χ4n) is 1.99. The van der Waals surface area contributed by atoms with E-state index in [0.29, 0.717) is 5.75 Å². The molecule has 1 N–H and O–H groups in total. The van der Waals surface area contributed by atoms with Gasteiger partial charge in [0.25, 0.3) is 0 Å². The van der Waals surface area contributed by atoms with E-state index in [2.05, 4.69) is 25.2 Å². The van der Waals surface area contributed by atoms with Gasteiger partial charge in [0, 0.05) is 12.1 Å². The van der Waals surface area contributed by atoms with Crippen molar-refractivity contribution in [2.24, 2.45) is 0 Å². The van der Waals surface area contributed by atoms with Gasteiger partial charge in [0.1, 0.15) is 17.3 Å². The molecule has 0 bridgehead atoms. The Hall–Kier alpha value is -1.87. The minimum absolute atomic E-state index is 0.269. The molecule has 0 aliphatic rings. The van der Waals surface area contributed by atoms with E-state index >= 15 is 0 Å². The third kappa shape index (κ3) is 4.07. The maximum absolute atomic E-state index is 13.1. The average Bonchev–Trinajstić information content (AvgIpc) is 2.45. The van der Waals surface area contributed by atoms with Crippen molar-refractivity contribution in [2.45, 2.75) is 26.3 Å². The third-order valence-corrected chi connectivity index (χ3v) is 3.09. The van der Waals surface area contributed by atoms with Crippen molar-refractivity contribution in [1.82, 2.24) is 5.32 Å². The molecule has 0 spiro atoms. The highest BCUT2D eigenvalue weighted by atomic mass is 19.1. The van der Waals surface area contributed by atoms with E-state index < -0.39 is 0 Å². The fraction of sp³-hybridized carbons (Fsp3) is 0.294. The summed E-state index contributed by atoms with van der Waals surface area (Å²) in [5, 5.41) is 3.43. The van der Waals surface area contributed by atoms with Gasteiger partial charge in [0.15, 0.2) is 0 Å². The van der Waals surface area contributed by atoms with Gasteiger partial charge in [0.05, 0.1) is 0 Å². The SMILES string of the molecule is CCCNC(C)c1cccc(Oc2cccc(F)c2)c1. The number of ether oxygens (including phenoxy) is 1. The predicted molar refractivity (Wildman–Crippen MR) is 79.6 cm³/mol. The molecule has 20 heavy (non-hydrogen) atoms. The highest BCUT2D eigenvalue weighted by molar-refractivity contribution is 5.35. The molecule has 0 saturated heterocycles. The summed E-state index contributed by atoms with van der Waals surface area (Å²) >= 11 is 0. The average molecular weight is 273 g/mol. The van der Waals surface area contributed by atoms with Gasteiger partial charge in [-0.3, -0.25) is 0 Å². The van der Waals surface area contributed by atoms with Gasteiger partial charge < -0.3 is 10.1 Å². The van der Waals surface area contributed by atoms with Crippen LogP contribution in [0, 0.1) is 5.82 Å². The molecule has 0 radical (unpaired) electrons. The molecule has 2 nitrogen and oxygen atoms in total. The number of rotatable bonds is 6. The first-order chi connectivity index (χ1) is 9.69. The quantitative estimate of drug-likeness (QED) is 0.825. The maximum atomic E-state index is 13.1. The molecule has 0 fully saturated rings. The van der Waals surface area contributed by atoms with Gasteiger partial charge in [0.2, 0.25) is 0 Å². The summed E-state index contributed by atoms with van der Waals surface area (Å²) in [6.07, 6.45) is 1.10. The number of hydrogen-bond donors (Lipinski definition) is 1. The van der Waals surface area contributed by atoms with Crippen LogP contribution in [0.3, 0.4) is 0 Å². The summed E-state index contributed by atoms with van der Waals surface area (Å²) in [4.78, 5) is 0. The fourth-order valence-corrected chi connectivity index (χ4v) is 1.99. The van der Waals surface area contributed by atoms with E-state index in [4.69, 9.17) is 4.74 Å². The van der Waals surface area contributed by atoms with Gasteiger partial charge in [-0.15, -0.1) is 0 Å². The normalized spacial score (nSPS) is 12.2. The largest absolute Gasteiger partial charge is 0.457 e. The van der Waals surface area contributed by atoms with Crippen molar-refractivity contribution in [2.75, 3.05) is 6.54 Å². The number of hydrogen-bond acceptors (Lipinski definition) is 2. The van der Waals surface area contributed by atoms with Crippen molar-refractivity contribution in [1.29, 1.82) is 0 Å². The summed E-state index contributed by atoms with van der Waals surface area (Å²) in [6.45, 7) is 5.25. The molecule has 1 atom stereocenters. The minimum atomic E-state index is -0.295. The van der Waals surface area contributed by atoms with Gasteiger partial charge in [-0.2, -0.15) is 0 Å². The van der Waals surface area contributed by atoms with Crippen molar-refractivity contribution in [3.05, 3.63) is 59.9 Å². The van der Waals surface area contributed by atoms with Gasteiger partial charge in [-0.05, 0) is 49.7 Å². The van der Waals surface area contributed by atoms with Crippen LogP contribution in [0.5, 0.6) is 11.5 Å². The molecule has 0 aliphatic carbocycles. The Bertz CT molecular complexity index is 556. The molecule has 2 aromatic carbocycles. The molecule has 2 rings (SSSR count). The Labute approximate surface area is 119 Å². The number of halogens is 1. The molecule has 0 aromatic heterocycles. The van der Waals surface area contributed by atoms with Gasteiger partial charge in [-0.25, -0.2) is 4.39 Å². The van der Waals surface area contributed by atoms with E-state index in [1.807, 2.05) is 18.2 Å². The summed E-state index contributed by atoms with van der Waals surface area (Å²) in [5.41, 5.74) is 1.16. The topological polar surface area (TPSA) is 21.3 Å². The third-order valence-electron chi connectivity index (χ3n) is 3.09. The molecular formula is C17H20FNO. The van der Waals surface area contributed by atoms with E-state index in [1.54, 1.807) is 12.1 Å². The van der Waals surface area contributed by atoms with Crippen LogP contribution in [0.4, 0.5) is 4.39 Å². The van der Waals surface area contributed by atoms with E-state index in [0.717, 1.165) is 24.3 Å². The van der Waals surface area contributed by atoms with Crippen LogP contribution in [0.25, 0.3) is 0 Å². The Kier molecular flexibility index (Phi) is 5.13. The lowest BCUT2D eigenvalue weighted by Gasteiger charge is -2.15. The van der Waals surface area contributed by atoms with E-state index in [-0.39, 0.29) is 11.9 Å². The van der Waals surface area contributed by atoms with Gasteiger partial charge in [-0.1, -0.05) is 25.1 Å². The van der Waals surface area contributed by atoms with Crippen molar-refractivity contribution in [3.8, 4) is 11.5 Å². The molecule has 1 unspecified atom stereocenters. The summed E-state index contributed by atoms with van der Waals surface area (Å²) in [7, 11) is 0. The van der Waals surface area contributed by atoms with Crippen molar-refractivity contribution < 1.29 is 9.13 Å². The number of benzene rings is 2. The maximum Gasteiger partial charge on any atom is 0.130 e. The summed E-state index contributed by atoms with van der Waals surface area (Å²) < 4.78 is 18.8. The van der Waals surface area contributed by atoms with Crippen molar-refractivity contribution >= 4 is 0 Å². The minimum Gasteiger partial charge on any atom is -0.457 e. The van der Waals surface area contributed by atoms with Crippen molar-refractivity contribution in [3.63, 3.8) is 0 Å². The van der Waals surface area contributed by atoms with E-state index in [9.17, 15) is 4.39 Å². The highest BCUT2D eigenvalue weighted by Crippen LogP contribution is 2.25. The second kappa shape index (κ2) is 7.06. The Balaban J connectivity index is 2.09. The van der Waals surface area contributed by atoms with Crippen LogP contribution in [0.15, 0.2) is 48.5 Å². The first kappa shape index (κ1) is 14.5. The Morgan fingerprint density at radius 2 is 1.80 bits per heavy atom. The standard InChI is InChI=1S/C17H20FNO/c1-3-10-19-13(2)14-6-4-8-16(11-14)20-17-9-5-7-15(18)12-17/h4-9,11-13,19H,3,10H2,1-2H3. The predicted octanol–water partition coefficient (Wildman–Crippen LogP) is 4.68. The molecule has 2 aromatic rings. The smallest absolute Gasteiger partial charge is 0.130 e. The van der Waals surface area contributed by atoms with Crippen LogP contribution in [0.2, 0.25) is 0 Å². The zero-order valence-electron chi connectivity index (χ0n) is 11.9.